The zero-order chi connectivity index (χ0) is 23.6. The Morgan fingerprint density at radius 3 is 2.68 bits per heavy atom. The maximum absolute atomic E-state index is 11.4. The zero-order valence-electron chi connectivity index (χ0n) is 20.6. The molecule has 1 fully saturated rings. The topological polar surface area (TPSA) is 42.4 Å². The number of pyridine rings is 1. The minimum Gasteiger partial charge on any atom is -0.489 e. The summed E-state index contributed by atoms with van der Waals surface area (Å²) in [6.07, 6.45) is 9.91. The predicted octanol–water partition coefficient (Wildman–Crippen LogP) is 6.73. The van der Waals surface area contributed by atoms with Crippen molar-refractivity contribution >= 4 is 0 Å². The molecule has 2 aliphatic carbocycles. The van der Waals surface area contributed by atoms with Crippen molar-refractivity contribution in [3.05, 3.63) is 94.8 Å². The van der Waals surface area contributed by atoms with Gasteiger partial charge in [0, 0.05) is 17.3 Å². The average molecular weight is 456 g/mol. The number of rotatable bonds is 7. The SMILES string of the molecule is CCC[C@@]1(O)CC[C@@]2(Cc3ccccc3)c3ccc(OCc4ccnc(C)c4)cc3CC[C@@H]2C1. The van der Waals surface area contributed by atoms with Crippen LogP contribution in [0.1, 0.15) is 73.4 Å². The number of fused-ring (bicyclic) bond motifs is 3. The first-order chi connectivity index (χ1) is 16.5. The molecule has 0 spiro atoms. The van der Waals surface area contributed by atoms with Gasteiger partial charge in [-0.3, -0.25) is 4.98 Å². The molecule has 0 saturated heterocycles. The molecular weight excluding hydrogens is 418 g/mol. The lowest BCUT2D eigenvalue weighted by Crippen LogP contribution is -2.51. The van der Waals surface area contributed by atoms with E-state index in [-0.39, 0.29) is 5.41 Å². The van der Waals surface area contributed by atoms with E-state index >= 15 is 0 Å². The molecule has 1 N–H and O–H groups in total. The van der Waals surface area contributed by atoms with Crippen molar-refractivity contribution in [2.24, 2.45) is 5.92 Å². The van der Waals surface area contributed by atoms with Crippen LogP contribution < -0.4 is 4.74 Å². The Balaban J connectivity index is 1.44. The number of aromatic nitrogens is 1. The molecule has 0 aliphatic heterocycles. The summed E-state index contributed by atoms with van der Waals surface area (Å²) in [5.74, 6) is 1.46. The lowest BCUT2D eigenvalue weighted by Gasteiger charge is -2.53. The summed E-state index contributed by atoms with van der Waals surface area (Å²) in [4.78, 5) is 4.28. The molecule has 3 aromatic rings. The molecule has 0 amide bonds. The van der Waals surface area contributed by atoms with Gasteiger partial charge in [-0.2, -0.15) is 0 Å². The predicted molar refractivity (Wildman–Crippen MR) is 137 cm³/mol. The van der Waals surface area contributed by atoms with Crippen LogP contribution in [0.3, 0.4) is 0 Å². The molecule has 3 heteroatoms. The molecule has 2 aliphatic rings. The van der Waals surface area contributed by atoms with E-state index in [1.165, 1.54) is 16.7 Å². The highest BCUT2D eigenvalue weighted by Crippen LogP contribution is 2.55. The van der Waals surface area contributed by atoms with Crippen molar-refractivity contribution in [3.8, 4) is 5.75 Å². The molecule has 34 heavy (non-hydrogen) atoms. The van der Waals surface area contributed by atoms with E-state index in [0.29, 0.717) is 12.5 Å². The summed E-state index contributed by atoms with van der Waals surface area (Å²) in [6, 6.07) is 21.8. The van der Waals surface area contributed by atoms with Gasteiger partial charge >= 0.3 is 0 Å². The second kappa shape index (κ2) is 9.54. The Morgan fingerprint density at radius 2 is 1.88 bits per heavy atom. The smallest absolute Gasteiger partial charge is 0.120 e. The number of hydrogen-bond donors (Lipinski definition) is 1. The molecule has 0 unspecified atom stereocenters. The third-order valence-electron chi connectivity index (χ3n) is 8.26. The minimum absolute atomic E-state index is 0.0929. The Morgan fingerprint density at radius 1 is 1.03 bits per heavy atom. The summed E-state index contributed by atoms with van der Waals surface area (Å²) >= 11 is 0. The summed E-state index contributed by atoms with van der Waals surface area (Å²) in [5, 5.41) is 11.4. The van der Waals surface area contributed by atoms with Crippen molar-refractivity contribution in [1.29, 1.82) is 0 Å². The van der Waals surface area contributed by atoms with Crippen molar-refractivity contribution in [2.45, 2.75) is 82.8 Å². The number of benzene rings is 2. The normalized spacial score (nSPS) is 25.9. The van der Waals surface area contributed by atoms with Gasteiger partial charge in [-0.15, -0.1) is 0 Å². The van der Waals surface area contributed by atoms with Gasteiger partial charge in [-0.25, -0.2) is 0 Å². The highest BCUT2D eigenvalue weighted by Gasteiger charge is 2.51. The van der Waals surface area contributed by atoms with Gasteiger partial charge in [-0.05, 0) is 104 Å². The van der Waals surface area contributed by atoms with Gasteiger partial charge in [0.2, 0.25) is 0 Å². The van der Waals surface area contributed by atoms with Gasteiger partial charge in [0.25, 0.3) is 0 Å². The Kier molecular flexibility index (Phi) is 6.48. The molecule has 2 aromatic carbocycles. The third kappa shape index (κ3) is 4.63. The maximum atomic E-state index is 11.4. The van der Waals surface area contributed by atoms with Gasteiger partial charge in [-0.1, -0.05) is 49.7 Å². The standard InChI is InChI=1S/C31H37NO2/c1-3-14-30(33)15-16-31(20-24-7-5-4-6-8-24)27(21-30)10-9-26-19-28(11-12-29(26)31)34-22-25-13-17-32-23(2)18-25/h4-8,11-13,17-19,27,33H,3,9-10,14-16,20-22H2,1-2H3/t27-,30-,31+/m1/s1. The van der Waals surface area contributed by atoms with Crippen LogP contribution >= 0.6 is 0 Å². The van der Waals surface area contributed by atoms with E-state index in [1.54, 1.807) is 0 Å². The molecule has 5 rings (SSSR count). The van der Waals surface area contributed by atoms with E-state index in [4.69, 9.17) is 4.74 Å². The fourth-order valence-corrected chi connectivity index (χ4v) is 6.67. The highest BCUT2D eigenvalue weighted by atomic mass is 16.5. The molecule has 3 atom stereocenters. The fraction of sp³-hybridized carbons (Fsp3) is 0.452. The van der Waals surface area contributed by atoms with Gasteiger partial charge in [0.05, 0.1) is 5.60 Å². The Hall–Kier alpha value is -2.65. The second-order valence-electron chi connectivity index (χ2n) is 10.6. The molecule has 3 nitrogen and oxygen atoms in total. The maximum Gasteiger partial charge on any atom is 0.120 e. The average Bonchev–Trinajstić information content (AvgIpc) is 2.84. The van der Waals surface area contributed by atoms with Gasteiger partial charge < -0.3 is 9.84 Å². The lowest BCUT2D eigenvalue weighted by molar-refractivity contribution is -0.0565. The Bertz CT molecular complexity index is 1130. The number of aliphatic hydroxyl groups is 1. The van der Waals surface area contributed by atoms with Crippen molar-refractivity contribution in [2.75, 3.05) is 0 Å². The Labute approximate surface area is 204 Å². The van der Waals surface area contributed by atoms with E-state index in [1.807, 2.05) is 19.2 Å². The number of nitrogens with zero attached hydrogens (tertiary/aromatic N) is 1. The number of hydrogen-bond acceptors (Lipinski definition) is 3. The van der Waals surface area contributed by atoms with Crippen LogP contribution in [-0.4, -0.2) is 15.7 Å². The third-order valence-corrected chi connectivity index (χ3v) is 8.26. The summed E-state index contributed by atoms with van der Waals surface area (Å²) in [5.41, 5.74) is 6.07. The first kappa shape index (κ1) is 23.1. The first-order valence-corrected chi connectivity index (χ1v) is 12.9. The minimum atomic E-state index is -0.497. The molecular formula is C31H37NO2. The summed E-state index contributed by atoms with van der Waals surface area (Å²) in [6.45, 7) is 4.76. The van der Waals surface area contributed by atoms with E-state index in [2.05, 4.69) is 66.5 Å². The van der Waals surface area contributed by atoms with E-state index < -0.39 is 5.60 Å². The van der Waals surface area contributed by atoms with Gasteiger partial charge in [0.15, 0.2) is 0 Å². The molecule has 0 bridgehead atoms. The van der Waals surface area contributed by atoms with Crippen molar-refractivity contribution < 1.29 is 9.84 Å². The largest absolute Gasteiger partial charge is 0.489 e. The zero-order valence-corrected chi connectivity index (χ0v) is 20.6. The van der Waals surface area contributed by atoms with Crippen LogP contribution in [-0.2, 0) is 24.9 Å². The number of ether oxygens (including phenoxy) is 1. The van der Waals surface area contributed by atoms with Crippen molar-refractivity contribution in [1.82, 2.24) is 4.98 Å². The highest BCUT2D eigenvalue weighted by molar-refractivity contribution is 5.45. The van der Waals surface area contributed by atoms with Crippen LogP contribution in [0.5, 0.6) is 5.75 Å². The van der Waals surface area contributed by atoms with Crippen molar-refractivity contribution in [3.63, 3.8) is 0 Å². The van der Waals surface area contributed by atoms with Crippen LogP contribution in [0.2, 0.25) is 0 Å². The van der Waals surface area contributed by atoms with Crippen LogP contribution in [0, 0.1) is 12.8 Å². The van der Waals surface area contributed by atoms with E-state index in [9.17, 15) is 5.11 Å². The van der Waals surface area contributed by atoms with Crippen LogP contribution in [0.15, 0.2) is 66.9 Å². The molecule has 0 radical (unpaired) electrons. The summed E-state index contributed by atoms with van der Waals surface area (Å²) < 4.78 is 6.20. The monoisotopic (exact) mass is 455 g/mol. The molecule has 1 aromatic heterocycles. The fourth-order valence-electron chi connectivity index (χ4n) is 6.67. The number of aryl methyl sites for hydroxylation is 2. The quantitative estimate of drug-likeness (QED) is 0.430. The van der Waals surface area contributed by atoms with Crippen LogP contribution in [0.25, 0.3) is 0 Å². The molecule has 1 heterocycles. The second-order valence-corrected chi connectivity index (χ2v) is 10.6. The summed E-state index contributed by atoms with van der Waals surface area (Å²) in [7, 11) is 0. The molecule has 178 valence electrons. The van der Waals surface area contributed by atoms with E-state index in [0.717, 1.165) is 68.4 Å². The van der Waals surface area contributed by atoms with Crippen LogP contribution in [0.4, 0.5) is 0 Å². The van der Waals surface area contributed by atoms with Gasteiger partial charge in [0.1, 0.15) is 12.4 Å². The molecule has 1 saturated carbocycles. The lowest BCUT2D eigenvalue weighted by atomic mass is 9.52. The first-order valence-electron chi connectivity index (χ1n) is 12.9.